The Morgan fingerprint density at radius 3 is 2.38 bits per heavy atom. The van der Waals surface area contributed by atoms with E-state index in [-0.39, 0.29) is 23.6 Å². The molecular weight excluding hydrogens is 328 g/mol. The highest BCUT2D eigenvalue weighted by Gasteiger charge is 2.17. The number of benzene rings is 1. The van der Waals surface area contributed by atoms with Crippen molar-refractivity contribution in [1.82, 2.24) is 9.78 Å². The van der Waals surface area contributed by atoms with E-state index in [4.69, 9.17) is 10.5 Å². The molecule has 0 aliphatic rings. The number of rotatable bonds is 6. The zero-order valence-corrected chi connectivity index (χ0v) is 14.9. The summed E-state index contributed by atoms with van der Waals surface area (Å²) in [5.41, 5.74) is 2.64. The van der Waals surface area contributed by atoms with Crippen LogP contribution in [0.15, 0.2) is 28.4 Å². The van der Waals surface area contributed by atoms with Crippen LogP contribution in [0, 0.1) is 40.9 Å². The first-order valence-electron chi connectivity index (χ1n) is 8.14. The lowest BCUT2D eigenvalue weighted by atomic mass is 10.1. The average Bonchev–Trinajstić information content (AvgIpc) is 2.99. The Labute approximate surface area is 152 Å². The highest BCUT2D eigenvalue weighted by atomic mass is 15.3. The van der Waals surface area contributed by atoms with Crippen LogP contribution in [0.5, 0.6) is 0 Å². The maximum Gasteiger partial charge on any atom is 0.193 e. The van der Waals surface area contributed by atoms with Gasteiger partial charge in [-0.15, -0.1) is 10.2 Å². The van der Waals surface area contributed by atoms with E-state index in [0.717, 1.165) is 24.3 Å². The molecule has 0 unspecified atom stereocenters. The van der Waals surface area contributed by atoms with Crippen LogP contribution in [0.4, 0.5) is 17.2 Å². The maximum atomic E-state index is 9.27. The molecule has 0 amide bonds. The number of aromatic nitrogens is 2. The molecule has 0 saturated heterocycles. The normalized spacial score (nSPS) is 10.3. The first kappa shape index (κ1) is 18.6. The van der Waals surface area contributed by atoms with Gasteiger partial charge in [-0.05, 0) is 44.5 Å². The third-order valence-corrected chi connectivity index (χ3v) is 3.93. The van der Waals surface area contributed by atoms with Crippen molar-refractivity contribution < 1.29 is 0 Å². The molecular formula is C18H18N8. The molecule has 0 aliphatic heterocycles. The number of hydrogen-bond donors (Lipinski definition) is 0. The lowest BCUT2D eigenvalue weighted by Gasteiger charge is -2.21. The molecule has 8 heteroatoms. The molecule has 2 rings (SSSR count). The van der Waals surface area contributed by atoms with Gasteiger partial charge in [-0.1, -0.05) is 0 Å². The molecule has 130 valence electrons. The smallest absolute Gasteiger partial charge is 0.193 e. The minimum Gasteiger partial charge on any atom is -0.372 e. The minimum atomic E-state index is -0.120. The van der Waals surface area contributed by atoms with Crippen LogP contribution in [0.3, 0.4) is 0 Å². The maximum absolute atomic E-state index is 9.27. The number of azo groups is 1. The number of anilines is 1. The molecule has 2 aromatic rings. The largest absolute Gasteiger partial charge is 0.372 e. The summed E-state index contributed by atoms with van der Waals surface area (Å²) in [4.78, 5) is 2.23. The molecule has 0 spiro atoms. The molecule has 8 nitrogen and oxygen atoms in total. The van der Waals surface area contributed by atoms with E-state index in [1.54, 1.807) is 0 Å². The lowest BCUT2D eigenvalue weighted by Crippen LogP contribution is -2.21. The van der Waals surface area contributed by atoms with Gasteiger partial charge in [0.15, 0.2) is 11.5 Å². The van der Waals surface area contributed by atoms with Gasteiger partial charge < -0.3 is 4.90 Å². The van der Waals surface area contributed by atoms with Crippen molar-refractivity contribution in [2.75, 3.05) is 18.0 Å². The highest BCUT2D eigenvalue weighted by Crippen LogP contribution is 2.28. The summed E-state index contributed by atoms with van der Waals surface area (Å²) in [7, 11) is 0. The van der Waals surface area contributed by atoms with Crippen molar-refractivity contribution >= 4 is 17.2 Å². The first-order chi connectivity index (χ1) is 12.6. The van der Waals surface area contributed by atoms with Crippen LogP contribution in [0.2, 0.25) is 0 Å². The molecule has 1 heterocycles. The lowest BCUT2D eigenvalue weighted by molar-refractivity contribution is 0.705. The van der Waals surface area contributed by atoms with Crippen molar-refractivity contribution in [2.24, 2.45) is 10.2 Å². The van der Waals surface area contributed by atoms with Gasteiger partial charge in [0.2, 0.25) is 0 Å². The fraction of sp³-hybridized carbons (Fsp3) is 0.333. The van der Waals surface area contributed by atoms with Gasteiger partial charge in [0, 0.05) is 18.8 Å². The summed E-state index contributed by atoms with van der Waals surface area (Å²) in [6.07, 6.45) is 0. The van der Waals surface area contributed by atoms with E-state index in [1.165, 1.54) is 4.68 Å². The predicted molar refractivity (Wildman–Crippen MR) is 96.2 cm³/mol. The van der Waals surface area contributed by atoms with Gasteiger partial charge in [0.05, 0.1) is 11.8 Å². The second-order valence-electron chi connectivity index (χ2n) is 5.43. The topological polar surface area (TPSA) is 117 Å². The van der Waals surface area contributed by atoms with E-state index >= 15 is 0 Å². The van der Waals surface area contributed by atoms with Gasteiger partial charge in [0.25, 0.3) is 0 Å². The Kier molecular flexibility index (Phi) is 6.03. The van der Waals surface area contributed by atoms with E-state index in [0.29, 0.717) is 5.69 Å². The van der Waals surface area contributed by atoms with E-state index in [1.807, 2.05) is 43.3 Å². The van der Waals surface area contributed by atoms with Gasteiger partial charge >= 0.3 is 0 Å². The third kappa shape index (κ3) is 3.68. The Hall–Kier alpha value is -3.70. The van der Waals surface area contributed by atoms with E-state index in [9.17, 15) is 5.26 Å². The minimum absolute atomic E-state index is 0.0175. The molecule has 0 saturated carbocycles. The molecule has 1 aromatic carbocycles. The molecule has 0 fully saturated rings. The zero-order chi connectivity index (χ0) is 19.1. The van der Waals surface area contributed by atoms with Crippen LogP contribution in [0.25, 0.3) is 0 Å². The zero-order valence-electron chi connectivity index (χ0n) is 14.9. The van der Waals surface area contributed by atoms with Gasteiger partial charge in [0.1, 0.15) is 24.2 Å². The summed E-state index contributed by atoms with van der Waals surface area (Å²) >= 11 is 0. The third-order valence-electron chi connectivity index (χ3n) is 3.93. The number of nitrogens with zero attached hydrogens (tertiary/aromatic N) is 8. The van der Waals surface area contributed by atoms with Crippen LogP contribution in [0.1, 0.15) is 30.7 Å². The Bertz CT molecular complexity index is 945. The number of hydrogen-bond acceptors (Lipinski definition) is 7. The average molecular weight is 346 g/mol. The van der Waals surface area contributed by atoms with Gasteiger partial charge in [-0.2, -0.15) is 20.9 Å². The Morgan fingerprint density at radius 2 is 1.85 bits per heavy atom. The van der Waals surface area contributed by atoms with Crippen LogP contribution in [-0.4, -0.2) is 22.9 Å². The molecule has 0 aliphatic carbocycles. The second-order valence-corrected chi connectivity index (χ2v) is 5.43. The molecule has 0 radical (unpaired) electrons. The summed E-state index contributed by atoms with van der Waals surface area (Å²) in [5, 5.41) is 39.5. The summed E-state index contributed by atoms with van der Waals surface area (Å²) in [5.74, 6) is 0.109. The van der Waals surface area contributed by atoms with E-state index in [2.05, 4.69) is 34.1 Å². The van der Waals surface area contributed by atoms with Crippen molar-refractivity contribution in [3.8, 4) is 18.2 Å². The standard InChI is InChI=1S/C18H18N8/c1-4-25(5-2)14-6-7-16(13(3)10-14)22-23-18-15(11-20)17(12-21)24-26(18)9-8-19/h6-7,10H,4-5,9H2,1-3H3/b23-22+. The van der Waals surface area contributed by atoms with Crippen molar-refractivity contribution in [3.63, 3.8) is 0 Å². The summed E-state index contributed by atoms with van der Waals surface area (Å²) < 4.78 is 1.21. The van der Waals surface area contributed by atoms with Crippen molar-refractivity contribution in [2.45, 2.75) is 27.3 Å². The summed E-state index contributed by atoms with van der Waals surface area (Å²) in [6, 6.07) is 11.5. The molecule has 26 heavy (non-hydrogen) atoms. The first-order valence-corrected chi connectivity index (χ1v) is 8.14. The summed E-state index contributed by atoms with van der Waals surface area (Å²) in [6.45, 7) is 7.82. The fourth-order valence-corrected chi connectivity index (χ4v) is 2.55. The van der Waals surface area contributed by atoms with Crippen LogP contribution >= 0.6 is 0 Å². The quantitative estimate of drug-likeness (QED) is 0.739. The highest BCUT2D eigenvalue weighted by molar-refractivity contribution is 5.59. The molecule has 0 bridgehead atoms. The van der Waals surface area contributed by atoms with Crippen LogP contribution < -0.4 is 4.90 Å². The molecule has 0 atom stereocenters. The number of aryl methyl sites for hydroxylation is 1. The Balaban J connectivity index is 2.42. The molecule has 1 aromatic heterocycles. The predicted octanol–water partition coefficient (Wildman–Crippen LogP) is 3.72. The monoisotopic (exact) mass is 346 g/mol. The van der Waals surface area contributed by atoms with Gasteiger partial charge in [-0.25, -0.2) is 4.68 Å². The van der Waals surface area contributed by atoms with Crippen molar-refractivity contribution in [1.29, 1.82) is 15.8 Å². The number of nitriles is 3. The molecule has 0 N–H and O–H groups in total. The SMILES string of the molecule is CCN(CC)c1ccc(/N=N/c2c(C#N)c(C#N)nn2CC#N)c(C)c1. The Morgan fingerprint density at radius 1 is 1.12 bits per heavy atom. The van der Waals surface area contributed by atoms with Crippen molar-refractivity contribution in [3.05, 3.63) is 35.0 Å². The van der Waals surface area contributed by atoms with E-state index < -0.39 is 0 Å². The van der Waals surface area contributed by atoms with Gasteiger partial charge in [-0.3, -0.25) is 0 Å². The second kappa shape index (κ2) is 8.41. The fourth-order valence-electron chi connectivity index (χ4n) is 2.55. The van der Waals surface area contributed by atoms with Crippen LogP contribution in [-0.2, 0) is 6.54 Å².